The molecule has 4 heteroatoms. The van der Waals surface area contributed by atoms with Crippen LogP contribution in [0.3, 0.4) is 0 Å². The molecule has 0 amide bonds. The van der Waals surface area contributed by atoms with E-state index >= 15 is 0 Å². The molecule has 0 aliphatic heterocycles. The molecule has 0 rings (SSSR count). The maximum absolute atomic E-state index is 11.9. The fraction of sp³-hybridized carbons (Fsp3) is 1.00. The molecule has 1 N–H and O–H groups in total. The predicted molar refractivity (Wildman–Crippen MR) is 52.1 cm³/mol. The summed E-state index contributed by atoms with van der Waals surface area (Å²) in [5.74, 6) is -1.33. The van der Waals surface area contributed by atoms with Crippen molar-refractivity contribution < 1.29 is 18.3 Å². The van der Waals surface area contributed by atoms with Crippen LogP contribution in [0, 0.1) is 5.92 Å². The van der Waals surface area contributed by atoms with Gasteiger partial charge in [0.05, 0.1) is 11.5 Å². The fourth-order valence-electron chi connectivity index (χ4n) is 0.733. The summed E-state index contributed by atoms with van der Waals surface area (Å²) < 4.78 is 35.8. The monoisotopic (exact) mass is 214 g/mol. The minimum atomic E-state index is -4.13. The van der Waals surface area contributed by atoms with Crippen molar-refractivity contribution in [3.05, 3.63) is 0 Å². The highest BCUT2D eigenvalue weighted by atomic mass is 19.4. The van der Waals surface area contributed by atoms with Gasteiger partial charge in [-0.05, 0) is 26.7 Å². The summed E-state index contributed by atoms with van der Waals surface area (Å²) in [5.41, 5.74) is -1.00. The molecule has 14 heavy (non-hydrogen) atoms. The number of alkyl halides is 3. The Kier molecular flexibility index (Phi) is 7.26. The molecule has 0 aliphatic rings. The first-order valence-corrected chi connectivity index (χ1v) is 4.92. The largest absolute Gasteiger partial charge is 0.391 e. The van der Waals surface area contributed by atoms with Crippen molar-refractivity contribution in [1.82, 2.24) is 0 Å². The summed E-state index contributed by atoms with van der Waals surface area (Å²) in [6.45, 7) is 8.15. The lowest BCUT2D eigenvalue weighted by Gasteiger charge is -2.21. The normalized spacial score (nSPS) is 14.4. The third-order valence-corrected chi connectivity index (χ3v) is 1.75. The van der Waals surface area contributed by atoms with Crippen molar-refractivity contribution in [2.45, 2.75) is 59.2 Å². The van der Waals surface area contributed by atoms with Crippen molar-refractivity contribution in [3.8, 4) is 0 Å². The molecule has 0 aromatic rings. The zero-order valence-corrected chi connectivity index (χ0v) is 9.57. The van der Waals surface area contributed by atoms with E-state index in [2.05, 4.69) is 0 Å². The molecule has 0 saturated heterocycles. The number of aliphatic hydroxyl groups is 1. The number of halogens is 3. The van der Waals surface area contributed by atoms with Crippen LogP contribution in [0.1, 0.15) is 47.5 Å². The Labute approximate surface area is 84.3 Å². The molecular weight excluding hydrogens is 193 g/mol. The first kappa shape index (κ1) is 16.2. The standard InChI is InChI=1S/C8H15F3O.C2H6/c1-6(8(9,10)11)4-5-7(2,3)12;1-2/h6,12H,4-5H2,1-3H3;1-2H3. The van der Waals surface area contributed by atoms with Crippen molar-refractivity contribution in [3.63, 3.8) is 0 Å². The van der Waals surface area contributed by atoms with Crippen LogP contribution in [0.4, 0.5) is 13.2 Å². The van der Waals surface area contributed by atoms with Gasteiger partial charge in [-0.25, -0.2) is 0 Å². The molecule has 0 radical (unpaired) electrons. The number of hydrogen-bond acceptors (Lipinski definition) is 1. The zero-order chi connectivity index (χ0) is 12.0. The van der Waals surface area contributed by atoms with E-state index in [-0.39, 0.29) is 12.8 Å². The minimum absolute atomic E-state index is 0.0208. The first-order chi connectivity index (χ1) is 6.13. The summed E-state index contributed by atoms with van der Waals surface area (Å²) >= 11 is 0. The van der Waals surface area contributed by atoms with Gasteiger partial charge in [-0.1, -0.05) is 20.8 Å². The van der Waals surface area contributed by atoms with E-state index in [1.807, 2.05) is 13.8 Å². The summed E-state index contributed by atoms with van der Waals surface area (Å²) in [6, 6.07) is 0. The zero-order valence-electron chi connectivity index (χ0n) is 9.57. The molecule has 1 atom stereocenters. The lowest BCUT2D eigenvalue weighted by Crippen LogP contribution is -2.25. The summed E-state index contributed by atoms with van der Waals surface area (Å²) in [5, 5.41) is 9.16. The second-order valence-corrected chi connectivity index (χ2v) is 3.79. The van der Waals surface area contributed by atoms with Crippen molar-refractivity contribution in [1.29, 1.82) is 0 Å². The first-order valence-electron chi connectivity index (χ1n) is 4.92. The minimum Gasteiger partial charge on any atom is -0.390 e. The molecule has 88 valence electrons. The highest BCUT2D eigenvalue weighted by Crippen LogP contribution is 2.30. The summed E-state index contributed by atoms with van der Waals surface area (Å²) in [6.07, 6.45) is -3.98. The van der Waals surface area contributed by atoms with E-state index in [9.17, 15) is 13.2 Å². The molecule has 0 spiro atoms. The Bertz CT molecular complexity index is 135. The van der Waals surface area contributed by atoms with Crippen LogP contribution in [0.15, 0.2) is 0 Å². The Morgan fingerprint density at radius 3 is 1.71 bits per heavy atom. The Hall–Kier alpha value is -0.250. The molecule has 0 saturated carbocycles. The average Bonchev–Trinajstić information content (AvgIpc) is 2.01. The van der Waals surface area contributed by atoms with Crippen LogP contribution in [0.2, 0.25) is 0 Å². The molecule has 0 fully saturated rings. The van der Waals surface area contributed by atoms with Crippen LogP contribution in [-0.2, 0) is 0 Å². The molecule has 0 heterocycles. The van der Waals surface area contributed by atoms with Gasteiger partial charge >= 0.3 is 6.18 Å². The molecule has 1 unspecified atom stereocenters. The third kappa shape index (κ3) is 9.84. The van der Waals surface area contributed by atoms with Gasteiger partial charge in [-0.3, -0.25) is 0 Å². The van der Waals surface area contributed by atoms with Crippen LogP contribution in [0.5, 0.6) is 0 Å². The van der Waals surface area contributed by atoms with Crippen LogP contribution in [-0.4, -0.2) is 16.9 Å². The van der Waals surface area contributed by atoms with E-state index in [1.165, 1.54) is 13.8 Å². The molecular formula is C10H21F3O. The van der Waals surface area contributed by atoms with Gasteiger partial charge in [0, 0.05) is 0 Å². The molecule has 0 bridgehead atoms. The van der Waals surface area contributed by atoms with Crippen molar-refractivity contribution in [2.75, 3.05) is 0 Å². The quantitative estimate of drug-likeness (QED) is 0.758. The summed E-state index contributed by atoms with van der Waals surface area (Å²) in [4.78, 5) is 0. The van der Waals surface area contributed by atoms with Gasteiger partial charge in [-0.15, -0.1) is 0 Å². The van der Waals surface area contributed by atoms with Gasteiger partial charge in [-0.2, -0.15) is 13.2 Å². The maximum Gasteiger partial charge on any atom is 0.391 e. The van der Waals surface area contributed by atoms with Gasteiger partial charge in [0.2, 0.25) is 0 Å². The fourth-order valence-corrected chi connectivity index (χ4v) is 0.733. The number of hydrogen-bond donors (Lipinski definition) is 1. The highest BCUT2D eigenvalue weighted by molar-refractivity contribution is 4.70. The lowest BCUT2D eigenvalue weighted by molar-refractivity contribution is -0.173. The van der Waals surface area contributed by atoms with Crippen LogP contribution >= 0.6 is 0 Å². The van der Waals surface area contributed by atoms with Gasteiger partial charge in [0.25, 0.3) is 0 Å². The second-order valence-electron chi connectivity index (χ2n) is 3.79. The SMILES string of the molecule is CC.CC(CCC(C)(C)O)C(F)(F)F. The molecule has 0 aromatic carbocycles. The van der Waals surface area contributed by atoms with Crippen LogP contribution < -0.4 is 0 Å². The average molecular weight is 214 g/mol. The number of rotatable bonds is 3. The highest BCUT2D eigenvalue weighted by Gasteiger charge is 2.36. The third-order valence-electron chi connectivity index (χ3n) is 1.75. The van der Waals surface area contributed by atoms with Crippen molar-refractivity contribution in [2.24, 2.45) is 5.92 Å². The predicted octanol–water partition coefficient (Wildman–Crippen LogP) is 3.76. The topological polar surface area (TPSA) is 20.2 Å². The smallest absolute Gasteiger partial charge is 0.390 e. The molecule has 0 aliphatic carbocycles. The molecule has 0 aromatic heterocycles. The van der Waals surface area contributed by atoms with E-state index in [0.29, 0.717) is 0 Å². The van der Waals surface area contributed by atoms with Crippen molar-refractivity contribution >= 4 is 0 Å². The molecule has 1 nitrogen and oxygen atoms in total. The van der Waals surface area contributed by atoms with E-state index < -0.39 is 17.7 Å². The Balaban J connectivity index is 0. The van der Waals surface area contributed by atoms with E-state index in [4.69, 9.17) is 5.11 Å². The van der Waals surface area contributed by atoms with E-state index in [1.54, 1.807) is 0 Å². The maximum atomic E-state index is 11.9. The van der Waals surface area contributed by atoms with Crippen LogP contribution in [0.25, 0.3) is 0 Å². The second kappa shape index (κ2) is 6.27. The lowest BCUT2D eigenvalue weighted by atomic mass is 9.96. The summed E-state index contributed by atoms with van der Waals surface area (Å²) in [7, 11) is 0. The van der Waals surface area contributed by atoms with E-state index in [0.717, 1.165) is 6.92 Å². The van der Waals surface area contributed by atoms with Gasteiger partial charge < -0.3 is 5.11 Å². The van der Waals surface area contributed by atoms with Gasteiger partial charge in [0.15, 0.2) is 0 Å². The Morgan fingerprint density at radius 2 is 1.50 bits per heavy atom. The Morgan fingerprint density at radius 1 is 1.14 bits per heavy atom. The van der Waals surface area contributed by atoms with Gasteiger partial charge in [0.1, 0.15) is 0 Å².